The van der Waals surface area contributed by atoms with Gasteiger partial charge in [0, 0.05) is 37.8 Å². The molecule has 212 valence electrons. The van der Waals surface area contributed by atoms with Gasteiger partial charge in [0.05, 0.1) is 16.6 Å². The second kappa shape index (κ2) is 13.4. The number of hydroxylamine groups is 2. The number of aromatic hydroxyl groups is 1. The van der Waals surface area contributed by atoms with E-state index in [0.717, 1.165) is 38.8 Å². The van der Waals surface area contributed by atoms with Gasteiger partial charge in [-0.1, -0.05) is 43.2 Å². The summed E-state index contributed by atoms with van der Waals surface area (Å²) in [6, 6.07) is 12.8. The van der Waals surface area contributed by atoms with E-state index in [4.69, 9.17) is 9.57 Å². The highest BCUT2D eigenvalue weighted by Gasteiger charge is 2.44. The first-order chi connectivity index (χ1) is 18.5. The number of carbonyl (C=O) groups excluding carboxylic acids is 3. The number of benzene rings is 2. The van der Waals surface area contributed by atoms with Gasteiger partial charge in [-0.15, -0.1) is 5.06 Å². The fraction of sp³-hybridized carbons (Fsp3) is 0.483. The Morgan fingerprint density at radius 3 is 2.05 bits per heavy atom. The van der Waals surface area contributed by atoms with Gasteiger partial charge < -0.3 is 30.6 Å². The highest BCUT2D eigenvalue weighted by atomic mass is 16.7. The van der Waals surface area contributed by atoms with E-state index < -0.39 is 12.2 Å². The van der Waals surface area contributed by atoms with Crippen molar-refractivity contribution >= 4 is 18.0 Å². The minimum Gasteiger partial charge on any atom is -0.507 e. The normalized spacial score (nSPS) is 16.2. The van der Waals surface area contributed by atoms with E-state index in [0.29, 0.717) is 18.7 Å². The van der Waals surface area contributed by atoms with Crippen LogP contribution in [0, 0.1) is 0 Å². The maximum atomic E-state index is 12.5. The summed E-state index contributed by atoms with van der Waals surface area (Å²) in [6.45, 7) is 10.5. The average Bonchev–Trinajstić information content (AvgIpc) is 2.88. The Balaban J connectivity index is 1.28. The van der Waals surface area contributed by atoms with E-state index in [2.05, 4.69) is 16.0 Å². The van der Waals surface area contributed by atoms with Crippen molar-refractivity contribution in [2.45, 2.75) is 64.5 Å². The van der Waals surface area contributed by atoms with Crippen molar-refractivity contribution < 1.29 is 29.1 Å². The zero-order chi connectivity index (χ0) is 28.5. The summed E-state index contributed by atoms with van der Waals surface area (Å²) < 4.78 is 5.21. The van der Waals surface area contributed by atoms with Crippen molar-refractivity contribution in [3.63, 3.8) is 0 Å². The van der Waals surface area contributed by atoms with Crippen LogP contribution in [-0.2, 0) is 4.84 Å². The van der Waals surface area contributed by atoms with Gasteiger partial charge in [-0.3, -0.25) is 4.79 Å². The number of piperazine rings is 1. The quantitative estimate of drug-likeness (QED) is 0.244. The third-order valence-electron chi connectivity index (χ3n) is 6.49. The first kappa shape index (κ1) is 29.9. The Bertz CT molecular complexity index is 1120. The minimum atomic E-state index is -0.639. The Kier molecular flexibility index (Phi) is 10.3. The predicted octanol–water partition coefficient (Wildman–Crippen LogP) is 4.38. The molecule has 1 aliphatic rings. The molecule has 1 aliphatic heterocycles. The van der Waals surface area contributed by atoms with Crippen LogP contribution in [-0.4, -0.2) is 65.4 Å². The van der Waals surface area contributed by atoms with E-state index >= 15 is 0 Å². The molecule has 1 heterocycles. The van der Waals surface area contributed by atoms with Crippen molar-refractivity contribution in [2.24, 2.45) is 0 Å². The largest absolute Gasteiger partial charge is 0.507 e. The molecule has 0 saturated carbocycles. The van der Waals surface area contributed by atoms with Crippen molar-refractivity contribution in [3.8, 4) is 11.5 Å². The third-order valence-corrected chi connectivity index (χ3v) is 6.49. The lowest BCUT2D eigenvalue weighted by Crippen LogP contribution is -2.68. The van der Waals surface area contributed by atoms with Crippen LogP contribution in [0.1, 0.15) is 69.3 Å². The molecular weight excluding hydrogens is 500 g/mol. The number of phenolic OH excluding ortho intramolecular Hbond substituents is 1. The van der Waals surface area contributed by atoms with Crippen molar-refractivity contribution in [3.05, 3.63) is 59.7 Å². The van der Waals surface area contributed by atoms with E-state index in [1.165, 1.54) is 18.2 Å². The number of unbranched alkanes of at least 4 members (excludes halogenated alkanes) is 3. The molecule has 0 aliphatic carbocycles. The van der Waals surface area contributed by atoms with E-state index in [1.54, 1.807) is 35.4 Å². The summed E-state index contributed by atoms with van der Waals surface area (Å²) in [4.78, 5) is 42.5. The maximum Gasteiger partial charge on any atom is 0.426 e. The van der Waals surface area contributed by atoms with Gasteiger partial charge in [0.25, 0.3) is 0 Å². The second-order valence-electron chi connectivity index (χ2n) is 10.9. The number of phenols is 1. The molecule has 1 saturated heterocycles. The van der Waals surface area contributed by atoms with Crippen LogP contribution in [0.25, 0.3) is 0 Å². The molecule has 1 fully saturated rings. The number of hydrogen-bond acceptors (Lipinski definition) is 8. The monoisotopic (exact) mass is 540 g/mol. The molecule has 10 nitrogen and oxygen atoms in total. The molecule has 0 bridgehead atoms. The Morgan fingerprint density at radius 2 is 1.46 bits per heavy atom. The molecule has 10 heteroatoms. The topological polar surface area (TPSA) is 129 Å². The third kappa shape index (κ3) is 8.69. The summed E-state index contributed by atoms with van der Waals surface area (Å²) in [5.74, 6) is -0.434. The van der Waals surface area contributed by atoms with Crippen LogP contribution in [0.15, 0.2) is 48.5 Å². The Morgan fingerprint density at radius 1 is 0.872 bits per heavy atom. The van der Waals surface area contributed by atoms with Crippen LogP contribution in [0.2, 0.25) is 0 Å². The van der Waals surface area contributed by atoms with Gasteiger partial charge in [-0.25, -0.2) is 9.59 Å². The highest BCUT2D eigenvalue weighted by molar-refractivity contribution is 6.10. The summed E-state index contributed by atoms with van der Waals surface area (Å²) in [5.41, 5.74) is -0.0248. The van der Waals surface area contributed by atoms with Gasteiger partial charge >= 0.3 is 12.2 Å². The second-order valence-corrected chi connectivity index (χ2v) is 10.9. The van der Waals surface area contributed by atoms with Crippen LogP contribution in [0.5, 0.6) is 11.5 Å². The molecule has 0 aromatic heterocycles. The molecule has 0 spiro atoms. The predicted molar refractivity (Wildman–Crippen MR) is 148 cm³/mol. The number of ketones is 1. The summed E-state index contributed by atoms with van der Waals surface area (Å²) in [7, 11) is 0. The van der Waals surface area contributed by atoms with Gasteiger partial charge in [-0.2, -0.15) is 0 Å². The van der Waals surface area contributed by atoms with E-state index in [9.17, 15) is 19.5 Å². The van der Waals surface area contributed by atoms with Gasteiger partial charge in [-0.05, 0) is 52.7 Å². The van der Waals surface area contributed by atoms with Crippen LogP contribution in [0.4, 0.5) is 9.59 Å². The summed E-state index contributed by atoms with van der Waals surface area (Å²) in [6.07, 6.45) is 2.20. The number of carbonyl (C=O) groups is 3. The van der Waals surface area contributed by atoms with Crippen molar-refractivity contribution in [2.75, 3.05) is 26.2 Å². The molecule has 39 heavy (non-hydrogen) atoms. The Labute approximate surface area is 230 Å². The highest BCUT2D eigenvalue weighted by Crippen LogP contribution is 2.29. The molecule has 0 radical (unpaired) electrons. The first-order valence-electron chi connectivity index (χ1n) is 13.3. The fourth-order valence-electron chi connectivity index (χ4n) is 4.64. The fourth-order valence-corrected chi connectivity index (χ4v) is 4.64. The molecule has 2 aromatic rings. The number of nitrogens with zero attached hydrogens (tertiary/aromatic N) is 1. The number of nitrogens with one attached hydrogen (secondary N) is 3. The zero-order valence-corrected chi connectivity index (χ0v) is 23.2. The number of rotatable bonds is 11. The molecule has 2 aromatic carbocycles. The van der Waals surface area contributed by atoms with Crippen molar-refractivity contribution in [1.82, 2.24) is 21.0 Å². The molecule has 0 unspecified atom stereocenters. The summed E-state index contributed by atoms with van der Waals surface area (Å²) in [5, 5.41) is 20.9. The lowest BCUT2D eigenvalue weighted by molar-refractivity contribution is -0.231. The summed E-state index contributed by atoms with van der Waals surface area (Å²) >= 11 is 0. The van der Waals surface area contributed by atoms with Gasteiger partial charge in [0.2, 0.25) is 0 Å². The standard InChI is InChI=1S/C29H40N4O6/c1-28(2)19-30-20-29(3,4)33(28)39-27(37)32-17-11-6-5-10-16-31-26(36)38-22-14-15-23(24(34)18-22)25(35)21-12-8-7-9-13-21/h7-9,12-15,18,30,34H,5-6,10-11,16-17,19-20H2,1-4H3,(H,31,36)(H,32,37). The maximum absolute atomic E-state index is 12.5. The SMILES string of the molecule is CC1(C)CNCC(C)(C)N1OC(=O)NCCCCCCNC(=O)Oc1ccc(C(=O)c2ccccc2)c(O)c1. The van der Waals surface area contributed by atoms with Crippen LogP contribution >= 0.6 is 0 Å². The zero-order valence-electron chi connectivity index (χ0n) is 23.2. The lowest BCUT2D eigenvalue weighted by atomic mass is 9.92. The molecular formula is C29H40N4O6. The first-order valence-corrected chi connectivity index (χ1v) is 13.3. The number of amides is 2. The molecule has 3 rings (SSSR count). The lowest BCUT2D eigenvalue weighted by Gasteiger charge is -2.50. The smallest absolute Gasteiger partial charge is 0.426 e. The average molecular weight is 541 g/mol. The van der Waals surface area contributed by atoms with Gasteiger partial charge in [0.15, 0.2) is 5.78 Å². The van der Waals surface area contributed by atoms with Crippen LogP contribution in [0.3, 0.4) is 0 Å². The Hall–Kier alpha value is -3.63. The minimum absolute atomic E-state index is 0.133. The van der Waals surface area contributed by atoms with Gasteiger partial charge in [0.1, 0.15) is 11.5 Å². The van der Waals surface area contributed by atoms with Crippen LogP contribution < -0.4 is 20.7 Å². The van der Waals surface area contributed by atoms with E-state index in [1.807, 2.05) is 27.7 Å². The molecule has 4 N–H and O–H groups in total. The molecule has 2 amide bonds. The number of hydrogen-bond donors (Lipinski definition) is 4. The number of ether oxygens (including phenoxy) is 1. The molecule has 0 atom stereocenters. The van der Waals surface area contributed by atoms with E-state index in [-0.39, 0.29) is 33.9 Å². The van der Waals surface area contributed by atoms with Crippen molar-refractivity contribution in [1.29, 1.82) is 0 Å².